The van der Waals surface area contributed by atoms with E-state index in [1.165, 1.54) is 0 Å². The Balaban J connectivity index is 0.000000124. The van der Waals surface area contributed by atoms with Gasteiger partial charge >= 0.3 is 0 Å². The fourth-order valence-electron chi connectivity index (χ4n) is 15.7. The van der Waals surface area contributed by atoms with Crippen LogP contribution in [0.1, 0.15) is 0 Å². The molecule has 0 unspecified atom stereocenters. The van der Waals surface area contributed by atoms with Gasteiger partial charge in [-0.25, -0.2) is 19.9 Å². The first kappa shape index (κ1) is 52.2. The number of hydrogen-bond acceptors (Lipinski definition) is 8. The molecule has 0 amide bonds. The molecule has 0 saturated heterocycles. The fourth-order valence-corrected chi connectivity index (χ4v) is 18.1. The largest absolute Gasteiger partial charge is 0.268 e. The van der Waals surface area contributed by atoms with Crippen LogP contribution in [0.3, 0.4) is 0 Å². The van der Waals surface area contributed by atoms with Gasteiger partial charge in [0.05, 0.1) is 65.7 Å². The van der Waals surface area contributed by atoms with Crippen molar-refractivity contribution in [1.82, 2.24) is 37.5 Å². The molecule has 14 aromatic carbocycles. The normalized spacial score (nSPS) is 13.0. The van der Waals surface area contributed by atoms with Crippen molar-refractivity contribution < 1.29 is 0 Å². The van der Waals surface area contributed by atoms with Crippen molar-refractivity contribution in [2.24, 2.45) is 0 Å². The van der Waals surface area contributed by atoms with Crippen LogP contribution in [0.5, 0.6) is 0 Å². The summed E-state index contributed by atoms with van der Waals surface area (Å²) in [5.74, 6) is 0. The fraction of sp³-hybridized carbons (Fsp3) is 0. The van der Waals surface area contributed by atoms with Crippen molar-refractivity contribution in [1.29, 1.82) is 0 Å². The van der Waals surface area contributed by atoms with Crippen LogP contribution in [-0.4, -0.2) is 37.5 Å². The van der Waals surface area contributed by atoms with E-state index in [1.807, 2.05) is 121 Å². The molecule has 0 atom stereocenters. The van der Waals surface area contributed by atoms with Gasteiger partial charge in [-0.3, -0.25) is 36.8 Å². The SMILES string of the molecule is O=c1c2cc(Cl)c3c4c(Cl)cc5c(=O)n6c7ccccc7nc6c6cc(Cl)c(c7c(Cl)cc(c2c37)c2nc3ccccc3n12)c4c56.O=c1c2cc(Cl)c3c4c(Cl)cc5c6c(cc(Cl)c(c7c(Cl)cc(c2c37)c2nc3ccccc3n12)c46)c(=O)n1c2ccccc2nc51. The number of benzene rings is 14. The van der Waals surface area contributed by atoms with E-state index in [-0.39, 0.29) is 22.2 Å². The minimum absolute atomic E-state index is 0.240. The molecular weight excluding hydrogens is 1320 g/mol. The quantitative estimate of drug-likeness (QED) is 0.108. The third-order valence-electron chi connectivity index (χ3n) is 19.2. The number of imidazole rings is 4. The summed E-state index contributed by atoms with van der Waals surface area (Å²) in [6, 6.07) is 44.2. The molecule has 432 valence electrons. The van der Waals surface area contributed by atoms with Crippen LogP contribution in [0.15, 0.2) is 165 Å². The van der Waals surface area contributed by atoms with Gasteiger partial charge in [0, 0.05) is 148 Å². The number of halogens is 8. The lowest BCUT2D eigenvalue weighted by atomic mass is 9.86. The minimum Gasteiger partial charge on any atom is -0.268 e. The summed E-state index contributed by atoms with van der Waals surface area (Å²) in [4.78, 5) is 76.2. The van der Waals surface area contributed by atoms with E-state index in [9.17, 15) is 19.2 Å². The number of rotatable bonds is 0. The topological polar surface area (TPSA) is 137 Å². The predicted octanol–water partition coefficient (Wildman–Crippen LogP) is 19.7. The average Bonchev–Trinajstić information content (AvgIpc) is 1.12. The molecular formula is C72H24Cl8N8O4. The van der Waals surface area contributed by atoms with Crippen molar-refractivity contribution in [2.45, 2.75) is 0 Å². The summed E-state index contributed by atoms with van der Waals surface area (Å²) in [6.45, 7) is 0. The van der Waals surface area contributed by atoms with Gasteiger partial charge in [0.2, 0.25) is 0 Å². The molecule has 0 saturated carbocycles. The Hall–Kier alpha value is -9.44. The molecule has 0 aliphatic rings. The maximum Gasteiger partial charge on any atom is 0.264 e. The van der Waals surface area contributed by atoms with Crippen molar-refractivity contribution in [2.75, 3.05) is 0 Å². The molecule has 0 radical (unpaired) electrons. The Labute approximate surface area is 549 Å². The van der Waals surface area contributed by atoms with E-state index < -0.39 is 0 Å². The van der Waals surface area contributed by atoms with Gasteiger partial charge in [0.25, 0.3) is 22.2 Å². The van der Waals surface area contributed by atoms with Crippen LogP contribution >= 0.6 is 92.8 Å². The summed E-state index contributed by atoms with van der Waals surface area (Å²) in [6.07, 6.45) is 0. The maximum atomic E-state index is 14.2. The molecule has 22 aromatic rings. The van der Waals surface area contributed by atoms with E-state index in [4.69, 9.17) is 113 Å². The van der Waals surface area contributed by atoms with Crippen LogP contribution in [0, 0.1) is 0 Å². The van der Waals surface area contributed by atoms with Gasteiger partial charge < -0.3 is 0 Å². The Morgan fingerprint density at radius 3 is 0.587 bits per heavy atom. The van der Waals surface area contributed by atoms with Crippen molar-refractivity contribution in [3.05, 3.63) is 227 Å². The molecule has 22 rings (SSSR count). The summed E-state index contributed by atoms with van der Waals surface area (Å²) < 4.78 is 6.45. The summed E-state index contributed by atoms with van der Waals surface area (Å²) >= 11 is 57.6. The smallest absolute Gasteiger partial charge is 0.264 e. The summed E-state index contributed by atoms with van der Waals surface area (Å²) in [7, 11) is 0. The van der Waals surface area contributed by atoms with Crippen LogP contribution in [0.2, 0.25) is 40.2 Å². The molecule has 0 spiro atoms. The summed E-state index contributed by atoms with van der Waals surface area (Å²) in [5.41, 5.74) is 6.58. The third-order valence-corrected chi connectivity index (χ3v) is 21.6. The van der Waals surface area contributed by atoms with Crippen molar-refractivity contribution >= 4 is 289 Å². The summed E-state index contributed by atoms with van der Waals surface area (Å²) in [5, 5.41) is 17.9. The molecule has 12 nitrogen and oxygen atoms in total. The van der Waals surface area contributed by atoms with Crippen molar-refractivity contribution in [3.63, 3.8) is 0 Å². The third kappa shape index (κ3) is 6.04. The molecule has 0 bridgehead atoms. The highest BCUT2D eigenvalue weighted by molar-refractivity contribution is 6.59. The standard InChI is InChI=1S/2C36H12Cl4N4O2/c37-17-9-13-25-15(35(45)43-23-7-3-1-5-21(23)41-33(13)43)11-19(39)29-28-18(38)10-14-26-16(12-20(40)30(32(26)28)27(17)31(25)29)36(46)44-24-8-4-2-6-22(24)42-34(14)44;37-17-9-13-25-15(35(45)43-23-7-3-1-5-21(23)41-33(13)43)11-19(39)29-30-20(40)12-16-26-14(10-18(38)28(32(26)30)27(17)31(25)29)34-42-22-6-2-4-8-24(22)44(34)36(16)46/h2*1-12H. The van der Waals surface area contributed by atoms with Crippen LogP contribution in [-0.2, 0) is 0 Å². The molecule has 8 aromatic heterocycles. The zero-order valence-corrected chi connectivity index (χ0v) is 52.1. The molecule has 0 aliphatic heterocycles. The van der Waals surface area contributed by atoms with Crippen LogP contribution < -0.4 is 22.2 Å². The molecule has 20 heteroatoms. The number of fused-ring (bicyclic) bond motifs is 20. The van der Waals surface area contributed by atoms with Crippen LogP contribution in [0.4, 0.5) is 0 Å². The molecule has 0 N–H and O–H groups in total. The number of pyridine rings is 4. The van der Waals surface area contributed by atoms with Gasteiger partial charge in [-0.2, -0.15) is 0 Å². The van der Waals surface area contributed by atoms with E-state index in [0.717, 1.165) is 0 Å². The minimum atomic E-state index is -0.240. The van der Waals surface area contributed by atoms with Gasteiger partial charge in [-0.05, 0) is 97.1 Å². The number of para-hydroxylation sites is 8. The molecule has 0 fully saturated rings. The lowest BCUT2D eigenvalue weighted by Crippen LogP contribution is -2.14. The second-order valence-electron chi connectivity index (χ2n) is 23.5. The van der Waals surface area contributed by atoms with E-state index >= 15 is 0 Å². The van der Waals surface area contributed by atoms with E-state index in [0.29, 0.717) is 236 Å². The van der Waals surface area contributed by atoms with Crippen molar-refractivity contribution in [3.8, 4) is 0 Å². The lowest BCUT2D eigenvalue weighted by Gasteiger charge is -2.21. The Kier molecular flexibility index (Phi) is 9.86. The zero-order valence-electron chi connectivity index (χ0n) is 46.1. The van der Waals surface area contributed by atoms with Gasteiger partial charge in [0.15, 0.2) is 0 Å². The highest BCUT2D eigenvalue weighted by atomic mass is 35.5. The Morgan fingerprint density at radius 1 is 0.217 bits per heavy atom. The highest BCUT2D eigenvalue weighted by Crippen LogP contribution is 2.56. The molecule has 92 heavy (non-hydrogen) atoms. The Bertz CT molecular complexity index is 6660. The second kappa shape index (κ2) is 17.4. The van der Waals surface area contributed by atoms with Crippen LogP contribution in [0.25, 0.3) is 196 Å². The van der Waals surface area contributed by atoms with Gasteiger partial charge in [-0.1, -0.05) is 141 Å². The first-order valence-electron chi connectivity index (χ1n) is 28.7. The first-order valence-corrected chi connectivity index (χ1v) is 31.8. The molecule has 0 aliphatic carbocycles. The predicted molar refractivity (Wildman–Crippen MR) is 380 cm³/mol. The number of hydrogen-bond donors (Lipinski definition) is 0. The van der Waals surface area contributed by atoms with Gasteiger partial charge in [-0.15, -0.1) is 0 Å². The molecule has 8 heterocycles. The number of aromatic nitrogens is 8. The monoisotopic (exact) mass is 1340 g/mol. The Morgan fingerprint density at radius 2 is 0.391 bits per heavy atom. The maximum absolute atomic E-state index is 14.2. The first-order chi connectivity index (χ1) is 44.7. The lowest BCUT2D eigenvalue weighted by molar-refractivity contribution is 1.19. The average molecular weight is 1350 g/mol. The number of nitrogens with zero attached hydrogens (tertiary/aromatic N) is 8. The highest BCUT2D eigenvalue weighted by Gasteiger charge is 2.32. The zero-order chi connectivity index (χ0) is 61.8. The van der Waals surface area contributed by atoms with E-state index in [1.54, 1.807) is 41.9 Å². The van der Waals surface area contributed by atoms with E-state index in [2.05, 4.69) is 0 Å². The second-order valence-corrected chi connectivity index (χ2v) is 26.8. The van der Waals surface area contributed by atoms with Gasteiger partial charge in [0.1, 0.15) is 22.6 Å².